The number of benzene rings is 2. The molecule has 1 spiro atoms. The van der Waals surface area contributed by atoms with Crippen LogP contribution >= 0.6 is 23.2 Å². The maximum Gasteiger partial charge on any atom is 0.256 e. The Balaban J connectivity index is 1.86. The second-order valence-electron chi connectivity index (χ2n) is 7.23. The molecule has 3 atom stereocenters. The molecule has 2 aromatic rings. The predicted octanol–water partition coefficient (Wildman–Crippen LogP) is 3.91. The summed E-state index contributed by atoms with van der Waals surface area (Å²) in [6.45, 7) is 2.51. The van der Waals surface area contributed by atoms with Crippen molar-refractivity contribution in [2.75, 3.05) is 25.5 Å². The lowest BCUT2D eigenvalue weighted by molar-refractivity contribution is -0.534. The first-order valence-electron chi connectivity index (χ1n) is 9.19. The van der Waals surface area contributed by atoms with Crippen molar-refractivity contribution >= 4 is 34.8 Å². The van der Waals surface area contributed by atoms with E-state index in [0.29, 0.717) is 35.7 Å². The number of para-hydroxylation sites is 1. The van der Waals surface area contributed by atoms with E-state index in [0.717, 1.165) is 0 Å². The first-order valence-corrected chi connectivity index (χ1v) is 9.95. The maximum absolute atomic E-state index is 13.1. The van der Waals surface area contributed by atoms with Crippen LogP contribution in [0, 0.1) is 10.1 Å². The normalized spacial score (nSPS) is 25.9. The Kier molecular flexibility index (Phi) is 4.93. The minimum atomic E-state index is -1.40. The van der Waals surface area contributed by atoms with Gasteiger partial charge < -0.3 is 10.1 Å². The zero-order valence-electron chi connectivity index (χ0n) is 15.8. The van der Waals surface area contributed by atoms with Crippen LogP contribution in [0.3, 0.4) is 0 Å². The zero-order chi connectivity index (χ0) is 20.9. The third-order valence-electron chi connectivity index (χ3n) is 5.78. The van der Waals surface area contributed by atoms with E-state index in [4.69, 9.17) is 27.9 Å². The van der Waals surface area contributed by atoms with E-state index in [9.17, 15) is 14.9 Å². The monoisotopic (exact) mass is 435 g/mol. The first-order chi connectivity index (χ1) is 13.8. The highest BCUT2D eigenvalue weighted by Crippen LogP contribution is 2.52. The van der Waals surface area contributed by atoms with Gasteiger partial charge in [0, 0.05) is 22.7 Å². The molecule has 1 amide bonds. The van der Waals surface area contributed by atoms with Crippen LogP contribution in [0.5, 0.6) is 5.75 Å². The fourth-order valence-electron chi connectivity index (χ4n) is 4.66. The van der Waals surface area contributed by atoms with Crippen molar-refractivity contribution in [2.24, 2.45) is 0 Å². The predicted molar refractivity (Wildman–Crippen MR) is 111 cm³/mol. The quantitative estimate of drug-likeness (QED) is 0.580. The first kappa shape index (κ1) is 19.9. The van der Waals surface area contributed by atoms with Crippen LogP contribution in [-0.4, -0.2) is 42.0 Å². The van der Waals surface area contributed by atoms with Crippen molar-refractivity contribution in [3.05, 3.63) is 67.7 Å². The average molecular weight is 436 g/mol. The number of anilines is 1. The number of likely N-dealkylation sites (tertiary alicyclic amines) is 1. The van der Waals surface area contributed by atoms with Gasteiger partial charge >= 0.3 is 0 Å². The van der Waals surface area contributed by atoms with Gasteiger partial charge in [0.05, 0.1) is 22.6 Å². The third kappa shape index (κ3) is 2.79. The number of rotatable bonds is 4. The van der Waals surface area contributed by atoms with Crippen LogP contribution in [0.1, 0.15) is 24.0 Å². The van der Waals surface area contributed by atoms with Gasteiger partial charge in [0.2, 0.25) is 0 Å². The Hall–Kier alpha value is -2.35. The maximum atomic E-state index is 13.1. The summed E-state index contributed by atoms with van der Waals surface area (Å²) >= 11 is 12.7. The standard InChI is InChI=1S/C20H19Cl2N3O4/c1-3-29-17-14(21)8-11(9-15(17)22)12-10-24(2)20(18(12)25(27)28)13-6-4-5-7-16(13)23-19(20)26/h4-9,12,18H,3,10H2,1-2H3,(H,23,26)/t12-,18-,20+/m0/s1. The van der Waals surface area contributed by atoms with Gasteiger partial charge in [0.25, 0.3) is 11.9 Å². The molecule has 7 nitrogen and oxygen atoms in total. The van der Waals surface area contributed by atoms with Gasteiger partial charge in [-0.2, -0.15) is 0 Å². The van der Waals surface area contributed by atoms with Crippen molar-refractivity contribution < 1.29 is 14.5 Å². The molecule has 9 heteroatoms. The molecule has 0 aliphatic carbocycles. The van der Waals surface area contributed by atoms with E-state index in [-0.39, 0.29) is 15.0 Å². The van der Waals surface area contributed by atoms with Crippen molar-refractivity contribution in [3.63, 3.8) is 0 Å². The number of halogens is 2. The summed E-state index contributed by atoms with van der Waals surface area (Å²) in [4.78, 5) is 26.8. The molecule has 29 heavy (non-hydrogen) atoms. The second kappa shape index (κ2) is 7.16. The fourth-order valence-corrected chi connectivity index (χ4v) is 5.27. The van der Waals surface area contributed by atoms with E-state index < -0.39 is 23.4 Å². The number of nitro groups is 1. The lowest BCUT2D eigenvalue weighted by atomic mass is 9.79. The molecule has 2 aliphatic heterocycles. The minimum Gasteiger partial charge on any atom is -0.491 e. The Bertz CT molecular complexity index is 992. The Morgan fingerprint density at radius 3 is 2.59 bits per heavy atom. The van der Waals surface area contributed by atoms with Crippen LogP contribution in [0.15, 0.2) is 36.4 Å². The molecular weight excluding hydrogens is 417 g/mol. The Labute approximate surface area is 177 Å². The number of hydrogen-bond acceptors (Lipinski definition) is 5. The smallest absolute Gasteiger partial charge is 0.256 e. The fraction of sp³-hybridized carbons (Fsp3) is 0.350. The van der Waals surface area contributed by atoms with Gasteiger partial charge in [-0.05, 0) is 37.7 Å². The molecule has 0 aromatic heterocycles. The lowest BCUT2D eigenvalue weighted by Crippen LogP contribution is -2.54. The average Bonchev–Trinajstić information content (AvgIpc) is 3.14. The van der Waals surface area contributed by atoms with Crippen molar-refractivity contribution in [1.82, 2.24) is 4.90 Å². The van der Waals surface area contributed by atoms with Crippen molar-refractivity contribution in [2.45, 2.75) is 24.4 Å². The highest BCUT2D eigenvalue weighted by Gasteiger charge is 2.68. The number of nitrogens with one attached hydrogen (secondary N) is 1. The number of carbonyl (C=O) groups excluding carboxylic acids is 1. The number of fused-ring (bicyclic) bond motifs is 2. The molecule has 2 heterocycles. The summed E-state index contributed by atoms with van der Waals surface area (Å²) < 4.78 is 5.47. The van der Waals surface area contributed by atoms with Gasteiger partial charge in [-0.25, -0.2) is 0 Å². The van der Waals surface area contributed by atoms with Gasteiger partial charge in [-0.1, -0.05) is 41.4 Å². The second-order valence-corrected chi connectivity index (χ2v) is 8.04. The Morgan fingerprint density at radius 2 is 1.97 bits per heavy atom. The topological polar surface area (TPSA) is 84.7 Å². The summed E-state index contributed by atoms with van der Waals surface area (Å²) in [6, 6.07) is 9.17. The molecule has 0 bridgehead atoms. The number of ether oxygens (including phenoxy) is 1. The van der Waals surface area contributed by atoms with Gasteiger partial charge in [-0.15, -0.1) is 0 Å². The largest absolute Gasteiger partial charge is 0.491 e. The molecular formula is C20H19Cl2N3O4. The van der Waals surface area contributed by atoms with Crippen LogP contribution in [0.2, 0.25) is 10.0 Å². The molecule has 2 aliphatic rings. The van der Waals surface area contributed by atoms with Crippen molar-refractivity contribution in [1.29, 1.82) is 0 Å². The van der Waals surface area contributed by atoms with E-state index in [2.05, 4.69) is 5.32 Å². The van der Waals surface area contributed by atoms with Crippen molar-refractivity contribution in [3.8, 4) is 5.75 Å². The number of hydrogen-bond donors (Lipinski definition) is 1. The van der Waals surface area contributed by atoms with E-state index >= 15 is 0 Å². The molecule has 1 N–H and O–H groups in total. The van der Waals surface area contributed by atoms with Gasteiger partial charge in [0.1, 0.15) is 0 Å². The number of nitrogens with zero attached hydrogens (tertiary/aromatic N) is 2. The molecule has 4 rings (SSSR count). The number of likely N-dealkylation sites (N-methyl/N-ethyl adjacent to an activating group) is 1. The van der Waals surface area contributed by atoms with Crippen LogP contribution in [0.4, 0.5) is 5.69 Å². The molecule has 0 radical (unpaired) electrons. The lowest BCUT2D eigenvalue weighted by Gasteiger charge is -2.30. The molecule has 0 unspecified atom stereocenters. The molecule has 1 saturated heterocycles. The van der Waals surface area contributed by atoms with Crippen LogP contribution in [0.25, 0.3) is 0 Å². The minimum absolute atomic E-state index is 0.288. The van der Waals surface area contributed by atoms with Crippen LogP contribution < -0.4 is 10.1 Å². The van der Waals surface area contributed by atoms with Gasteiger partial charge in [0.15, 0.2) is 11.3 Å². The molecule has 1 fully saturated rings. The highest BCUT2D eigenvalue weighted by atomic mass is 35.5. The SMILES string of the molecule is CCOc1c(Cl)cc([C@@H]2CN(C)[C@@]3(C(=O)Nc4ccccc43)[C@H]2[N+](=O)[O-])cc1Cl. The number of carbonyl (C=O) groups is 1. The summed E-state index contributed by atoms with van der Waals surface area (Å²) in [5.41, 5.74) is 0.410. The number of amides is 1. The summed E-state index contributed by atoms with van der Waals surface area (Å²) in [6.07, 6.45) is 0. The van der Waals surface area contributed by atoms with Gasteiger partial charge in [-0.3, -0.25) is 19.8 Å². The highest BCUT2D eigenvalue weighted by molar-refractivity contribution is 6.37. The zero-order valence-corrected chi connectivity index (χ0v) is 17.3. The van der Waals surface area contributed by atoms with E-state index in [1.54, 1.807) is 48.3 Å². The summed E-state index contributed by atoms with van der Waals surface area (Å²) in [7, 11) is 1.73. The summed E-state index contributed by atoms with van der Waals surface area (Å²) in [5.74, 6) is -0.631. The molecule has 0 saturated carbocycles. The molecule has 2 aromatic carbocycles. The van der Waals surface area contributed by atoms with Crippen LogP contribution in [-0.2, 0) is 10.3 Å². The third-order valence-corrected chi connectivity index (χ3v) is 6.34. The van der Waals surface area contributed by atoms with E-state index in [1.165, 1.54) is 0 Å². The van der Waals surface area contributed by atoms with E-state index in [1.807, 2.05) is 6.92 Å². The Morgan fingerprint density at radius 1 is 1.31 bits per heavy atom. The molecule has 152 valence electrons. The summed E-state index contributed by atoms with van der Waals surface area (Å²) in [5, 5.41) is 15.7.